The van der Waals surface area contributed by atoms with Crippen LogP contribution in [-0.4, -0.2) is 47.3 Å². The lowest BCUT2D eigenvalue weighted by Gasteiger charge is -2.27. The second kappa shape index (κ2) is 9.90. The molecule has 1 saturated heterocycles. The molecule has 0 aromatic heterocycles. The highest BCUT2D eigenvalue weighted by Gasteiger charge is 2.41. The van der Waals surface area contributed by atoms with E-state index in [4.69, 9.17) is 16.2 Å². The topological polar surface area (TPSA) is 171 Å². The molecule has 1 saturated carbocycles. The van der Waals surface area contributed by atoms with Gasteiger partial charge in [0.25, 0.3) is 11.8 Å². The molecule has 168 valence electrons. The van der Waals surface area contributed by atoms with Crippen molar-refractivity contribution in [2.24, 2.45) is 23.3 Å². The van der Waals surface area contributed by atoms with Crippen LogP contribution in [0.3, 0.4) is 0 Å². The zero-order chi connectivity index (χ0) is 22.5. The van der Waals surface area contributed by atoms with Gasteiger partial charge in [-0.15, -0.1) is 0 Å². The van der Waals surface area contributed by atoms with Gasteiger partial charge in [0.15, 0.2) is 6.10 Å². The first-order valence-corrected chi connectivity index (χ1v) is 10.4. The van der Waals surface area contributed by atoms with Crippen molar-refractivity contribution in [2.45, 2.75) is 82.9 Å². The van der Waals surface area contributed by atoms with E-state index in [0.717, 1.165) is 32.1 Å². The van der Waals surface area contributed by atoms with Crippen LogP contribution in [0.5, 0.6) is 0 Å². The Hall–Kier alpha value is -2.65. The number of hydrogen-bond donors (Lipinski definition) is 4. The summed E-state index contributed by atoms with van der Waals surface area (Å²) in [5.41, 5.74) is 9.80. The van der Waals surface area contributed by atoms with Crippen LogP contribution in [0.15, 0.2) is 0 Å². The number of carbonyl (C=O) groups excluding carboxylic acids is 5. The van der Waals surface area contributed by atoms with E-state index >= 15 is 0 Å². The number of ether oxygens (including phenoxy) is 1. The Morgan fingerprint density at radius 3 is 2.27 bits per heavy atom. The lowest BCUT2D eigenvalue weighted by Crippen LogP contribution is -2.51. The zero-order valence-electron chi connectivity index (χ0n) is 17.6. The predicted octanol–water partition coefficient (Wildman–Crippen LogP) is 0.265. The molecule has 0 spiro atoms. The first-order valence-electron chi connectivity index (χ1n) is 10.4. The molecule has 2 unspecified atom stereocenters. The number of hydrogen-bond acceptors (Lipinski definition) is 6. The van der Waals surface area contributed by atoms with E-state index in [1.165, 1.54) is 0 Å². The molecule has 1 aliphatic heterocycles. The van der Waals surface area contributed by atoms with E-state index in [0.29, 0.717) is 6.42 Å². The molecule has 6 N–H and O–H groups in total. The zero-order valence-corrected chi connectivity index (χ0v) is 17.6. The van der Waals surface area contributed by atoms with Crippen LogP contribution in [-0.2, 0) is 23.9 Å². The number of nitrogens with two attached hydrogens (primary N) is 2. The summed E-state index contributed by atoms with van der Waals surface area (Å²) in [5, 5.41) is 5.27. The Kier molecular flexibility index (Phi) is 7.80. The van der Waals surface area contributed by atoms with Gasteiger partial charge in [0, 0.05) is 11.5 Å². The van der Waals surface area contributed by atoms with Gasteiger partial charge in [0.2, 0.25) is 11.7 Å². The minimum absolute atomic E-state index is 0.0739. The minimum atomic E-state index is -1.29. The highest BCUT2D eigenvalue weighted by molar-refractivity contribution is 6.37. The average Bonchev–Trinajstić information content (AvgIpc) is 2.91. The molecular weight excluding hydrogens is 392 g/mol. The van der Waals surface area contributed by atoms with Crippen LogP contribution in [0.1, 0.15) is 65.2 Å². The Balaban J connectivity index is 2.11. The van der Waals surface area contributed by atoms with Gasteiger partial charge in [0.1, 0.15) is 0 Å². The van der Waals surface area contributed by atoms with Crippen molar-refractivity contribution in [1.29, 1.82) is 0 Å². The van der Waals surface area contributed by atoms with Crippen LogP contribution in [0, 0.1) is 11.8 Å². The maximum Gasteiger partial charge on any atom is 0.405 e. The summed E-state index contributed by atoms with van der Waals surface area (Å²) in [4.78, 5) is 60.1. The molecule has 30 heavy (non-hydrogen) atoms. The monoisotopic (exact) mass is 424 g/mol. The van der Waals surface area contributed by atoms with Crippen molar-refractivity contribution >= 4 is 29.6 Å². The molecule has 3 atom stereocenters. The molecule has 2 rings (SSSR count). The van der Waals surface area contributed by atoms with Crippen molar-refractivity contribution in [2.75, 3.05) is 0 Å². The lowest BCUT2D eigenvalue weighted by atomic mass is 9.85. The number of nitrogens with one attached hydrogen (secondary N) is 2. The van der Waals surface area contributed by atoms with Crippen LogP contribution in [0.4, 0.5) is 4.79 Å². The SMILES string of the molecule is CC1(C)CC(CC(NC(=O)[C@H](CC2CCCCC2)OC(N)=O)C(=O)C(N)=O)C(=O)N1. The molecule has 2 aliphatic rings. The fourth-order valence-electron chi connectivity index (χ4n) is 4.41. The molecular formula is C20H32N4O6. The highest BCUT2D eigenvalue weighted by Crippen LogP contribution is 2.29. The smallest absolute Gasteiger partial charge is 0.405 e. The van der Waals surface area contributed by atoms with Crippen LogP contribution >= 0.6 is 0 Å². The standard InChI is InChI=1S/C20H32N4O6/c1-20(2)10-12(17(27)24-20)9-13(15(25)16(21)26)23-18(28)14(30-19(22)29)8-11-6-4-3-5-7-11/h11-14H,3-10H2,1-2H3,(H2,21,26)(H2,22,29)(H,23,28)(H,24,27)/t12?,13?,14-/m0/s1. The van der Waals surface area contributed by atoms with Gasteiger partial charge in [-0.3, -0.25) is 19.2 Å². The quantitative estimate of drug-likeness (QED) is 0.387. The number of ketones is 1. The van der Waals surface area contributed by atoms with Crippen molar-refractivity contribution in [3.8, 4) is 0 Å². The molecule has 1 heterocycles. The van der Waals surface area contributed by atoms with E-state index in [1.807, 2.05) is 13.8 Å². The first kappa shape index (κ1) is 23.6. The third-order valence-corrected chi connectivity index (χ3v) is 5.81. The van der Waals surface area contributed by atoms with E-state index in [1.54, 1.807) is 0 Å². The fourth-order valence-corrected chi connectivity index (χ4v) is 4.41. The van der Waals surface area contributed by atoms with Crippen molar-refractivity contribution < 1.29 is 28.7 Å². The Morgan fingerprint density at radius 1 is 1.13 bits per heavy atom. The summed E-state index contributed by atoms with van der Waals surface area (Å²) in [6.07, 6.45) is 3.38. The van der Waals surface area contributed by atoms with Crippen molar-refractivity contribution in [3.05, 3.63) is 0 Å². The van der Waals surface area contributed by atoms with Crippen LogP contribution < -0.4 is 22.1 Å². The number of primary amides is 2. The van der Waals surface area contributed by atoms with Gasteiger partial charge in [-0.05, 0) is 39.0 Å². The van der Waals surface area contributed by atoms with Gasteiger partial charge in [-0.25, -0.2) is 4.79 Å². The van der Waals surface area contributed by atoms with Gasteiger partial charge >= 0.3 is 6.09 Å². The summed E-state index contributed by atoms with van der Waals surface area (Å²) in [6.45, 7) is 3.69. The molecule has 0 aromatic rings. The largest absolute Gasteiger partial charge is 0.436 e. The maximum atomic E-state index is 12.8. The molecule has 0 aromatic carbocycles. The Morgan fingerprint density at radius 2 is 1.77 bits per heavy atom. The summed E-state index contributed by atoms with van der Waals surface area (Å²) < 4.78 is 5.00. The van der Waals surface area contributed by atoms with Crippen LogP contribution in [0.2, 0.25) is 0 Å². The van der Waals surface area contributed by atoms with E-state index in [-0.39, 0.29) is 24.7 Å². The molecule has 10 heteroatoms. The molecule has 0 radical (unpaired) electrons. The van der Waals surface area contributed by atoms with Crippen LogP contribution in [0.25, 0.3) is 0 Å². The third-order valence-electron chi connectivity index (χ3n) is 5.81. The number of carbonyl (C=O) groups is 5. The second-order valence-electron chi connectivity index (χ2n) is 8.96. The van der Waals surface area contributed by atoms with Gasteiger partial charge in [-0.2, -0.15) is 0 Å². The highest BCUT2D eigenvalue weighted by atomic mass is 16.6. The van der Waals surface area contributed by atoms with Gasteiger partial charge in [0.05, 0.1) is 6.04 Å². The maximum absolute atomic E-state index is 12.8. The van der Waals surface area contributed by atoms with Gasteiger partial charge < -0.3 is 26.8 Å². The normalized spacial score (nSPS) is 23.1. The predicted molar refractivity (Wildman–Crippen MR) is 107 cm³/mol. The number of Topliss-reactive ketones (excluding diaryl/α,β-unsaturated/α-hetero) is 1. The molecule has 1 aliphatic carbocycles. The minimum Gasteiger partial charge on any atom is -0.436 e. The Bertz CT molecular complexity index is 701. The second-order valence-corrected chi connectivity index (χ2v) is 8.96. The van der Waals surface area contributed by atoms with E-state index in [2.05, 4.69) is 10.6 Å². The fraction of sp³-hybridized carbons (Fsp3) is 0.750. The summed E-state index contributed by atoms with van der Waals surface area (Å²) in [7, 11) is 0. The number of rotatable bonds is 9. The van der Waals surface area contributed by atoms with Crippen molar-refractivity contribution in [1.82, 2.24) is 10.6 Å². The molecule has 10 nitrogen and oxygen atoms in total. The van der Waals surface area contributed by atoms with Gasteiger partial charge in [-0.1, -0.05) is 32.1 Å². The summed E-state index contributed by atoms with van der Waals surface area (Å²) >= 11 is 0. The Labute approximate surface area is 175 Å². The molecule has 4 amide bonds. The first-order chi connectivity index (χ1) is 14.0. The molecule has 0 bridgehead atoms. The lowest BCUT2D eigenvalue weighted by molar-refractivity contribution is -0.140. The van der Waals surface area contributed by atoms with Crippen molar-refractivity contribution in [3.63, 3.8) is 0 Å². The summed E-state index contributed by atoms with van der Waals surface area (Å²) in [5.74, 6) is -3.57. The van der Waals surface area contributed by atoms with E-state index in [9.17, 15) is 24.0 Å². The van der Waals surface area contributed by atoms with E-state index < -0.39 is 47.3 Å². The average molecular weight is 424 g/mol. The third kappa shape index (κ3) is 6.70. The number of amides is 4. The summed E-state index contributed by atoms with van der Waals surface area (Å²) in [6, 6.07) is -1.29. The molecule has 2 fully saturated rings.